The molecule has 0 bridgehead atoms. The van der Waals surface area contributed by atoms with Gasteiger partial charge < -0.3 is 10.7 Å². The van der Waals surface area contributed by atoms with E-state index < -0.39 is 0 Å². The van der Waals surface area contributed by atoms with E-state index in [4.69, 9.17) is 5.73 Å². The number of nitrogens with zero attached hydrogens (tertiary/aromatic N) is 1. The van der Waals surface area contributed by atoms with E-state index in [-0.39, 0.29) is 0 Å². The van der Waals surface area contributed by atoms with Crippen LogP contribution in [0.15, 0.2) is 24.4 Å². The van der Waals surface area contributed by atoms with Crippen LogP contribution in [0.5, 0.6) is 0 Å². The Labute approximate surface area is 114 Å². The van der Waals surface area contributed by atoms with Crippen LogP contribution in [0.3, 0.4) is 0 Å². The summed E-state index contributed by atoms with van der Waals surface area (Å²) in [4.78, 5) is 5.91. The molecule has 2 atom stereocenters. The van der Waals surface area contributed by atoms with Crippen LogP contribution in [-0.2, 0) is 13.0 Å². The van der Waals surface area contributed by atoms with Crippen LogP contribution in [0.25, 0.3) is 10.9 Å². The van der Waals surface area contributed by atoms with Crippen molar-refractivity contribution in [1.29, 1.82) is 0 Å². The minimum absolute atomic E-state index is 0.330. The number of aromatic amines is 1. The van der Waals surface area contributed by atoms with Gasteiger partial charge in [0.2, 0.25) is 0 Å². The molecule has 102 valence electrons. The van der Waals surface area contributed by atoms with E-state index in [1.54, 1.807) is 0 Å². The predicted molar refractivity (Wildman–Crippen MR) is 80.1 cm³/mol. The fourth-order valence-corrected chi connectivity index (χ4v) is 3.17. The molecule has 0 radical (unpaired) electrons. The van der Waals surface area contributed by atoms with E-state index in [1.165, 1.54) is 22.0 Å². The maximum Gasteiger partial charge on any atom is 0.0489 e. The number of aryl methyl sites for hydroxylation is 1. The van der Waals surface area contributed by atoms with Gasteiger partial charge in [-0.05, 0) is 23.5 Å². The van der Waals surface area contributed by atoms with E-state index >= 15 is 0 Å². The zero-order valence-corrected chi connectivity index (χ0v) is 11.8. The molecule has 1 aromatic carbocycles. The fraction of sp³-hybridized carbons (Fsp3) is 0.500. The van der Waals surface area contributed by atoms with Crippen molar-refractivity contribution in [2.75, 3.05) is 13.1 Å². The third kappa shape index (κ3) is 2.28. The number of rotatable bonds is 3. The van der Waals surface area contributed by atoms with Crippen LogP contribution in [0, 0.1) is 5.92 Å². The van der Waals surface area contributed by atoms with Crippen LogP contribution in [0.4, 0.5) is 0 Å². The van der Waals surface area contributed by atoms with Crippen LogP contribution in [0.2, 0.25) is 0 Å². The summed E-state index contributed by atoms with van der Waals surface area (Å²) in [5.74, 6) is 0.608. The number of hydrogen-bond acceptors (Lipinski definition) is 2. The fourth-order valence-electron chi connectivity index (χ4n) is 3.17. The van der Waals surface area contributed by atoms with Gasteiger partial charge in [0.15, 0.2) is 0 Å². The van der Waals surface area contributed by atoms with Crippen molar-refractivity contribution in [3.05, 3.63) is 35.5 Å². The largest absolute Gasteiger partial charge is 0.361 e. The highest BCUT2D eigenvalue weighted by molar-refractivity contribution is 5.86. The quantitative estimate of drug-likeness (QED) is 0.887. The minimum Gasteiger partial charge on any atom is -0.361 e. The molecule has 1 aliphatic heterocycles. The Bertz CT molecular complexity index is 562. The Balaban J connectivity index is 1.86. The lowest BCUT2D eigenvalue weighted by molar-refractivity contribution is 0.320. The van der Waals surface area contributed by atoms with Crippen LogP contribution in [0.1, 0.15) is 25.0 Å². The number of likely N-dealkylation sites (tertiary alicyclic amines) is 1. The topological polar surface area (TPSA) is 45.0 Å². The number of para-hydroxylation sites is 1. The molecule has 2 heterocycles. The van der Waals surface area contributed by atoms with E-state index in [1.807, 2.05) is 0 Å². The second kappa shape index (κ2) is 4.99. The number of fused-ring (bicyclic) bond motifs is 1. The highest BCUT2D eigenvalue weighted by atomic mass is 15.2. The lowest BCUT2D eigenvalue weighted by atomic mass is 10.1. The van der Waals surface area contributed by atoms with Gasteiger partial charge in [-0.15, -0.1) is 0 Å². The second-order valence-corrected chi connectivity index (χ2v) is 5.84. The molecule has 1 fully saturated rings. The molecule has 1 saturated heterocycles. The molecule has 0 saturated carbocycles. The Morgan fingerprint density at radius 1 is 1.32 bits per heavy atom. The Morgan fingerprint density at radius 2 is 2.16 bits per heavy atom. The second-order valence-electron chi connectivity index (χ2n) is 5.84. The highest BCUT2D eigenvalue weighted by Crippen LogP contribution is 2.25. The van der Waals surface area contributed by atoms with E-state index in [2.05, 4.69) is 48.1 Å². The van der Waals surface area contributed by atoms with Gasteiger partial charge in [0.1, 0.15) is 0 Å². The molecular formula is C16H23N3. The molecule has 2 unspecified atom stereocenters. The van der Waals surface area contributed by atoms with Crippen LogP contribution >= 0.6 is 0 Å². The van der Waals surface area contributed by atoms with Crippen molar-refractivity contribution in [3.63, 3.8) is 0 Å². The monoisotopic (exact) mass is 257 g/mol. The normalized spacial score (nSPS) is 24.4. The number of aromatic nitrogens is 1. The first-order chi connectivity index (χ1) is 9.19. The van der Waals surface area contributed by atoms with Gasteiger partial charge in [0.05, 0.1) is 0 Å². The zero-order valence-electron chi connectivity index (χ0n) is 11.8. The van der Waals surface area contributed by atoms with Gasteiger partial charge in [-0.1, -0.05) is 32.0 Å². The van der Waals surface area contributed by atoms with Crippen molar-refractivity contribution < 1.29 is 0 Å². The Morgan fingerprint density at radius 3 is 2.84 bits per heavy atom. The summed E-state index contributed by atoms with van der Waals surface area (Å²) in [6, 6.07) is 6.92. The van der Waals surface area contributed by atoms with Gasteiger partial charge in [-0.25, -0.2) is 0 Å². The van der Waals surface area contributed by atoms with Crippen molar-refractivity contribution in [1.82, 2.24) is 9.88 Å². The van der Waals surface area contributed by atoms with Gasteiger partial charge in [0, 0.05) is 42.8 Å². The van der Waals surface area contributed by atoms with Gasteiger partial charge in [0.25, 0.3) is 0 Å². The van der Waals surface area contributed by atoms with Crippen molar-refractivity contribution in [3.8, 4) is 0 Å². The van der Waals surface area contributed by atoms with E-state index in [0.29, 0.717) is 12.0 Å². The first-order valence-corrected chi connectivity index (χ1v) is 7.24. The molecule has 3 rings (SSSR count). The Kier molecular flexibility index (Phi) is 3.33. The minimum atomic E-state index is 0.330. The molecule has 2 aromatic rings. The van der Waals surface area contributed by atoms with Crippen LogP contribution in [-0.4, -0.2) is 29.0 Å². The third-order valence-electron chi connectivity index (χ3n) is 4.41. The molecule has 0 spiro atoms. The summed E-state index contributed by atoms with van der Waals surface area (Å²) < 4.78 is 0. The summed E-state index contributed by atoms with van der Waals surface area (Å²) in [5, 5.41) is 1.37. The van der Waals surface area contributed by atoms with Crippen LogP contribution < -0.4 is 5.73 Å². The van der Waals surface area contributed by atoms with E-state index in [9.17, 15) is 0 Å². The molecule has 3 heteroatoms. The lowest BCUT2D eigenvalue weighted by Crippen LogP contribution is -2.28. The third-order valence-corrected chi connectivity index (χ3v) is 4.41. The molecule has 3 N–H and O–H groups in total. The first kappa shape index (κ1) is 12.7. The zero-order chi connectivity index (χ0) is 13.4. The number of benzene rings is 1. The number of H-pyrrole nitrogens is 1. The summed E-state index contributed by atoms with van der Waals surface area (Å²) in [7, 11) is 0. The number of nitrogens with one attached hydrogen (secondary N) is 1. The summed E-state index contributed by atoms with van der Waals surface area (Å²) in [5.41, 5.74) is 10.2. The van der Waals surface area contributed by atoms with Gasteiger partial charge in [-0.2, -0.15) is 0 Å². The summed E-state index contributed by atoms with van der Waals surface area (Å²) >= 11 is 0. The predicted octanol–water partition coefficient (Wildman–Crippen LogP) is 2.51. The molecule has 0 aliphatic carbocycles. The summed E-state index contributed by atoms with van der Waals surface area (Å²) in [6.45, 7) is 7.58. The van der Waals surface area contributed by atoms with Crippen molar-refractivity contribution in [2.45, 2.75) is 32.9 Å². The van der Waals surface area contributed by atoms with Gasteiger partial charge >= 0.3 is 0 Å². The number of nitrogens with two attached hydrogens (primary N) is 1. The summed E-state index contributed by atoms with van der Waals surface area (Å²) in [6.07, 6.45) is 3.24. The molecule has 19 heavy (non-hydrogen) atoms. The average molecular weight is 257 g/mol. The molecule has 0 amide bonds. The van der Waals surface area contributed by atoms with Crippen molar-refractivity contribution in [2.24, 2.45) is 11.7 Å². The first-order valence-electron chi connectivity index (χ1n) is 7.24. The smallest absolute Gasteiger partial charge is 0.0489 e. The van der Waals surface area contributed by atoms with Crippen molar-refractivity contribution >= 4 is 10.9 Å². The highest BCUT2D eigenvalue weighted by Gasteiger charge is 2.26. The standard InChI is InChI=1S/C16H23N3/c1-3-12-5-4-6-14-13(7-18-16(12)14)9-19-8-11(2)15(17)10-19/h4-7,11,15,18H,3,8-10,17H2,1-2H3. The average Bonchev–Trinajstić information content (AvgIpc) is 2.95. The Hall–Kier alpha value is -1.32. The molecular weight excluding hydrogens is 234 g/mol. The molecule has 3 nitrogen and oxygen atoms in total. The lowest BCUT2D eigenvalue weighted by Gasteiger charge is -2.14. The maximum atomic E-state index is 6.11. The maximum absolute atomic E-state index is 6.11. The van der Waals surface area contributed by atoms with Gasteiger partial charge in [-0.3, -0.25) is 4.90 Å². The number of hydrogen-bond donors (Lipinski definition) is 2. The SMILES string of the molecule is CCc1cccc2c(CN3CC(C)C(N)C3)c[nH]c12. The van der Waals surface area contributed by atoms with E-state index in [0.717, 1.165) is 26.1 Å². The molecule has 1 aliphatic rings. The molecule has 1 aromatic heterocycles.